The quantitative estimate of drug-likeness (QED) is 0.650. The minimum atomic E-state index is -0.138. The van der Waals surface area contributed by atoms with Crippen molar-refractivity contribution in [2.45, 2.75) is 50.7 Å². The van der Waals surface area contributed by atoms with E-state index >= 15 is 0 Å². The van der Waals surface area contributed by atoms with Crippen LogP contribution in [0.2, 0.25) is 0 Å². The molecule has 5 nitrogen and oxygen atoms in total. The number of carbonyl (C=O) groups excluding carboxylic acids is 1. The summed E-state index contributed by atoms with van der Waals surface area (Å²) < 4.78 is 1.88. The minimum Gasteiger partial charge on any atom is -0.333 e. The van der Waals surface area contributed by atoms with Gasteiger partial charge in [0.05, 0.1) is 16.9 Å². The van der Waals surface area contributed by atoms with Crippen LogP contribution in [-0.4, -0.2) is 26.4 Å². The molecule has 0 radical (unpaired) electrons. The fourth-order valence-electron chi connectivity index (χ4n) is 4.55. The van der Waals surface area contributed by atoms with Crippen LogP contribution in [0.1, 0.15) is 42.9 Å². The zero-order valence-corrected chi connectivity index (χ0v) is 17.0. The van der Waals surface area contributed by atoms with E-state index in [1.54, 1.807) is 6.07 Å². The van der Waals surface area contributed by atoms with E-state index in [4.69, 9.17) is 12.2 Å². The Kier molecular flexibility index (Phi) is 4.59. The van der Waals surface area contributed by atoms with Crippen LogP contribution in [0.3, 0.4) is 0 Å². The van der Waals surface area contributed by atoms with Crippen molar-refractivity contribution in [3.05, 3.63) is 74.8 Å². The average molecular weight is 406 g/mol. The lowest BCUT2D eigenvalue weighted by Crippen LogP contribution is -2.37. The first kappa shape index (κ1) is 18.3. The van der Waals surface area contributed by atoms with Gasteiger partial charge in [0.25, 0.3) is 5.56 Å². The fraction of sp³-hybridized carbons (Fsp3) is 0.348. The maximum atomic E-state index is 13.2. The lowest BCUT2D eigenvalue weighted by Gasteiger charge is -2.30. The molecule has 1 unspecified atom stereocenters. The second-order valence-electron chi connectivity index (χ2n) is 7.97. The van der Waals surface area contributed by atoms with Crippen molar-refractivity contribution in [2.24, 2.45) is 0 Å². The van der Waals surface area contributed by atoms with Crippen LogP contribution in [0, 0.1) is 4.77 Å². The molecule has 2 aromatic carbocycles. The first-order valence-corrected chi connectivity index (χ1v) is 10.6. The van der Waals surface area contributed by atoms with E-state index in [0.717, 1.165) is 31.2 Å². The summed E-state index contributed by atoms with van der Waals surface area (Å²) in [6.45, 7) is 0.301. The Morgan fingerprint density at radius 1 is 1.10 bits per heavy atom. The predicted molar refractivity (Wildman–Crippen MR) is 115 cm³/mol. The molecule has 1 saturated carbocycles. The number of para-hydroxylation sites is 1. The summed E-state index contributed by atoms with van der Waals surface area (Å²) in [5.41, 5.74) is 3.23. The Hall–Kier alpha value is -2.73. The summed E-state index contributed by atoms with van der Waals surface area (Å²) >= 11 is 5.39. The molecule has 1 heterocycles. The zero-order chi connectivity index (χ0) is 20.0. The number of fused-ring (bicyclic) bond motifs is 2. The molecule has 0 spiro atoms. The number of carbonyl (C=O) groups is 1. The van der Waals surface area contributed by atoms with Gasteiger partial charge in [-0.15, -0.1) is 0 Å². The first-order chi connectivity index (χ1) is 14.1. The largest absolute Gasteiger partial charge is 0.333 e. The normalized spacial score (nSPS) is 18.0. The predicted octanol–water partition coefficient (Wildman–Crippen LogP) is 4.13. The summed E-state index contributed by atoms with van der Waals surface area (Å²) in [4.78, 5) is 31.3. The lowest BCUT2D eigenvalue weighted by atomic mass is 10.1. The van der Waals surface area contributed by atoms with Crippen LogP contribution in [-0.2, 0) is 17.8 Å². The molecule has 2 aliphatic carbocycles. The van der Waals surface area contributed by atoms with E-state index in [9.17, 15) is 9.59 Å². The zero-order valence-electron chi connectivity index (χ0n) is 16.1. The Labute approximate surface area is 174 Å². The number of amides is 1. The van der Waals surface area contributed by atoms with Gasteiger partial charge in [-0.2, -0.15) is 0 Å². The number of rotatable bonds is 5. The maximum absolute atomic E-state index is 13.2. The van der Waals surface area contributed by atoms with E-state index in [-0.39, 0.29) is 23.9 Å². The minimum absolute atomic E-state index is 0.115. The first-order valence-electron chi connectivity index (χ1n) is 10.2. The third-order valence-electron chi connectivity index (χ3n) is 6.10. The molecule has 0 aliphatic heterocycles. The third kappa shape index (κ3) is 3.31. The summed E-state index contributed by atoms with van der Waals surface area (Å²) in [5.74, 6) is 0.115. The Bertz CT molecular complexity index is 1210. The standard InChI is InChI=1S/C23H23N3O2S/c27-21(13-14-25-22(28)18-7-3-4-8-19(18)24-23(25)29)26(16-10-11-16)20-12-9-15-5-1-2-6-17(15)20/h1-8,16,20H,9-14H2,(H,24,29). The summed E-state index contributed by atoms with van der Waals surface area (Å²) in [7, 11) is 0. The van der Waals surface area contributed by atoms with Gasteiger partial charge >= 0.3 is 0 Å². The van der Waals surface area contributed by atoms with Gasteiger partial charge in [-0.3, -0.25) is 14.2 Å². The van der Waals surface area contributed by atoms with Gasteiger partial charge in [0.15, 0.2) is 4.77 Å². The summed E-state index contributed by atoms with van der Waals surface area (Å²) in [6, 6.07) is 16.3. The number of aromatic nitrogens is 2. The van der Waals surface area contributed by atoms with Crippen LogP contribution in [0.15, 0.2) is 53.3 Å². The summed E-state index contributed by atoms with van der Waals surface area (Å²) in [5, 5.41) is 0.595. The third-order valence-corrected chi connectivity index (χ3v) is 6.43. The molecule has 148 valence electrons. The number of aromatic amines is 1. The smallest absolute Gasteiger partial charge is 0.262 e. The van der Waals surface area contributed by atoms with Gasteiger partial charge in [-0.25, -0.2) is 0 Å². The van der Waals surface area contributed by atoms with Crippen LogP contribution >= 0.6 is 12.2 Å². The molecule has 1 aromatic heterocycles. The van der Waals surface area contributed by atoms with Gasteiger partial charge in [-0.05, 0) is 61.2 Å². The van der Waals surface area contributed by atoms with E-state index in [2.05, 4.69) is 34.1 Å². The molecule has 29 heavy (non-hydrogen) atoms. The van der Waals surface area contributed by atoms with Gasteiger partial charge in [-0.1, -0.05) is 36.4 Å². The molecule has 6 heteroatoms. The lowest BCUT2D eigenvalue weighted by molar-refractivity contribution is -0.134. The molecule has 3 aromatic rings. The maximum Gasteiger partial charge on any atom is 0.262 e. The number of nitrogens with zero attached hydrogens (tertiary/aromatic N) is 2. The van der Waals surface area contributed by atoms with Crippen molar-refractivity contribution in [2.75, 3.05) is 0 Å². The molecule has 0 bridgehead atoms. The van der Waals surface area contributed by atoms with Crippen LogP contribution in [0.4, 0.5) is 0 Å². The Morgan fingerprint density at radius 2 is 1.86 bits per heavy atom. The van der Waals surface area contributed by atoms with Gasteiger partial charge in [0.2, 0.25) is 5.91 Å². The highest BCUT2D eigenvalue weighted by Gasteiger charge is 2.39. The topological polar surface area (TPSA) is 58.1 Å². The van der Waals surface area contributed by atoms with Crippen molar-refractivity contribution in [3.63, 3.8) is 0 Å². The Morgan fingerprint density at radius 3 is 2.69 bits per heavy atom. The average Bonchev–Trinajstić information content (AvgIpc) is 3.47. The number of H-pyrrole nitrogens is 1. The molecule has 1 N–H and O–H groups in total. The SMILES string of the molecule is O=C(CCn1c(=S)[nH]c2ccccc2c1=O)N(C1CC1)C1CCc2ccccc21. The molecule has 1 amide bonds. The summed E-state index contributed by atoms with van der Waals surface area (Å²) in [6.07, 6.45) is 4.43. The number of nitrogens with one attached hydrogen (secondary N) is 1. The second-order valence-corrected chi connectivity index (χ2v) is 8.35. The van der Waals surface area contributed by atoms with E-state index in [1.165, 1.54) is 15.7 Å². The number of hydrogen-bond donors (Lipinski definition) is 1. The monoisotopic (exact) mass is 405 g/mol. The van der Waals surface area contributed by atoms with Crippen LogP contribution in [0.25, 0.3) is 10.9 Å². The van der Waals surface area contributed by atoms with Crippen LogP contribution in [0.5, 0.6) is 0 Å². The second kappa shape index (κ2) is 7.26. The fourth-order valence-corrected chi connectivity index (χ4v) is 4.83. The highest BCUT2D eigenvalue weighted by Crippen LogP contribution is 2.42. The van der Waals surface area contributed by atoms with E-state index in [0.29, 0.717) is 22.7 Å². The Balaban J connectivity index is 1.40. The molecular formula is C23H23N3O2S. The molecule has 2 aliphatic rings. The molecule has 1 fully saturated rings. The van der Waals surface area contributed by atoms with Crippen molar-refractivity contribution in [1.29, 1.82) is 0 Å². The van der Waals surface area contributed by atoms with Gasteiger partial charge in [0.1, 0.15) is 0 Å². The van der Waals surface area contributed by atoms with E-state index in [1.807, 2.05) is 18.2 Å². The molecule has 1 atom stereocenters. The van der Waals surface area contributed by atoms with Crippen molar-refractivity contribution in [1.82, 2.24) is 14.5 Å². The van der Waals surface area contributed by atoms with Crippen molar-refractivity contribution in [3.8, 4) is 0 Å². The van der Waals surface area contributed by atoms with Crippen molar-refractivity contribution < 1.29 is 4.79 Å². The van der Waals surface area contributed by atoms with Gasteiger partial charge in [0, 0.05) is 19.0 Å². The highest BCUT2D eigenvalue weighted by molar-refractivity contribution is 7.71. The molecular weight excluding hydrogens is 382 g/mol. The number of aryl methyl sites for hydroxylation is 1. The molecule has 0 saturated heterocycles. The highest BCUT2D eigenvalue weighted by atomic mass is 32.1. The number of benzene rings is 2. The van der Waals surface area contributed by atoms with Gasteiger partial charge < -0.3 is 9.88 Å². The molecule has 5 rings (SSSR count). The number of hydrogen-bond acceptors (Lipinski definition) is 3. The van der Waals surface area contributed by atoms with Crippen molar-refractivity contribution >= 4 is 29.0 Å². The van der Waals surface area contributed by atoms with E-state index < -0.39 is 0 Å². The van der Waals surface area contributed by atoms with Crippen LogP contribution < -0.4 is 5.56 Å².